The molecular weight excluding hydrogens is 584 g/mol. The van der Waals surface area contributed by atoms with Gasteiger partial charge in [-0.2, -0.15) is 0 Å². The van der Waals surface area contributed by atoms with Gasteiger partial charge in [-0.1, -0.05) is 112 Å². The van der Waals surface area contributed by atoms with Crippen LogP contribution in [0.5, 0.6) is 0 Å². The smallest absolute Gasteiger partial charge is 0.309 e. The molecule has 4 aliphatic carbocycles. The van der Waals surface area contributed by atoms with Crippen LogP contribution in [0.25, 0.3) is 0 Å². The minimum Gasteiger partial charge on any atom is -0.461 e. The van der Waals surface area contributed by atoms with Crippen molar-refractivity contribution in [1.82, 2.24) is 0 Å². The normalized spacial score (nSPS) is 36.5. The van der Waals surface area contributed by atoms with Crippen molar-refractivity contribution in [3.05, 3.63) is 23.3 Å². The first-order valence-electron chi connectivity index (χ1n) is 18.0. The quantitative estimate of drug-likeness (QED) is 0.108. The van der Waals surface area contributed by atoms with Crippen LogP contribution in [0, 0.1) is 40.4 Å². The Bertz CT molecular complexity index is 1220. The molecule has 0 aromatic rings. The number of unbranched alkanes of at least 4 members (excludes halogenated alkanes) is 8. The van der Waals surface area contributed by atoms with E-state index < -0.39 is 58.0 Å². The van der Waals surface area contributed by atoms with Gasteiger partial charge in [0.25, 0.3) is 0 Å². The molecule has 0 radical (unpaired) electrons. The van der Waals surface area contributed by atoms with Crippen molar-refractivity contribution in [3.63, 3.8) is 0 Å². The first-order chi connectivity index (χ1) is 21.5. The Balaban J connectivity index is 1.59. The maximum absolute atomic E-state index is 14.8. The highest BCUT2D eigenvalue weighted by Crippen LogP contribution is 2.75. The Hall–Kier alpha value is -2.03. The number of carbonyl (C=O) groups excluding carboxylic acids is 3. The minimum absolute atomic E-state index is 0.0414. The van der Waals surface area contributed by atoms with E-state index in [0.29, 0.717) is 18.4 Å². The summed E-state index contributed by atoms with van der Waals surface area (Å²) in [4.78, 5) is 41.0. The summed E-state index contributed by atoms with van der Waals surface area (Å²) in [7, 11) is 0. The van der Waals surface area contributed by atoms with Gasteiger partial charge in [0.15, 0.2) is 5.78 Å². The topological polar surface area (TPSA) is 130 Å². The van der Waals surface area contributed by atoms with E-state index >= 15 is 0 Å². The monoisotopic (exact) mass is 644 g/mol. The van der Waals surface area contributed by atoms with Crippen molar-refractivity contribution >= 4 is 17.7 Å². The summed E-state index contributed by atoms with van der Waals surface area (Å²) in [5.74, 6) is -3.17. The van der Waals surface area contributed by atoms with Crippen LogP contribution in [0.2, 0.25) is 0 Å². The second kappa shape index (κ2) is 13.8. The highest BCUT2D eigenvalue weighted by atomic mass is 16.6. The van der Waals surface area contributed by atoms with Crippen molar-refractivity contribution in [2.24, 2.45) is 40.4 Å². The molecule has 0 aromatic carbocycles. The number of ether oxygens (including phenoxy) is 2. The van der Waals surface area contributed by atoms with Gasteiger partial charge in [-0.15, -0.1) is 0 Å². The molecule has 9 unspecified atom stereocenters. The summed E-state index contributed by atoms with van der Waals surface area (Å²) in [5, 5.41) is 35.6. The van der Waals surface area contributed by atoms with Crippen LogP contribution in [-0.2, 0) is 23.9 Å². The average Bonchev–Trinajstić information content (AvgIpc) is 3.41. The number of allylic oxidation sites excluding steroid dienone is 1. The van der Waals surface area contributed by atoms with E-state index in [1.165, 1.54) is 38.5 Å². The lowest BCUT2D eigenvalue weighted by Crippen LogP contribution is -2.65. The van der Waals surface area contributed by atoms with Gasteiger partial charge in [0.05, 0.1) is 11.3 Å². The Morgan fingerprint density at radius 1 is 0.978 bits per heavy atom. The maximum atomic E-state index is 14.8. The molecule has 2 fully saturated rings. The van der Waals surface area contributed by atoms with Crippen LogP contribution in [-0.4, -0.2) is 63.1 Å². The largest absolute Gasteiger partial charge is 0.461 e. The number of carbonyl (C=O) groups is 3. The summed E-state index contributed by atoms with van der Waals surface area (Å²) in [5.41, 5.74) is -4.80. The number of ketones is 1. The first kappa shape index (κ1) is 36.8. The third-order valence-corrected chi connectivity index (χ3v) is 12.4. The molecule has 1 spiro atoms. The zero-order chi connectivity index (χ0) is 34.2. The molecule has 260 valence electrons. The van der Waals surface area contributed by atoms with Crippen molar-refractivity contribution in [2.75, 3.05) is 6.61 Å². The molecule has 0 amide bonds. The Morgan fingerprint density at radius 2 is 1.57 bits per heavy atom. The fraction of sp³-hybridized carbons (Fsp3) is 0.816. The molecule has 0 aliphatic heterocycles. The highest BCUT2D eigenvalue weighted by Gasteiger charge is 2.83. The van der Waals surface area contributed by atoms with Gasteiger partial charge in [-0.3, -0.25) is 14.4 Å². The fourth-order valence-electron chi connectivity index (χ4n) is 9.11. The summed E-state index contributed by atoms with van der Waals surface area (Å²) in [6.07, 6.45) is 11.0. The van der Waals surface area contributed by atoms with Crippen LogP contribution in [0.3, 0.4) is 0 Å². The van der Waals surface area contributed by atoms with Gasteiger partial charge >= 0.3 is 11.9 Å². The number of Topliss-reactive ketones (excluding diaryl/α,β-unsaturated/α-hetero) is 1. The first-order valence-corrected chi connectivity index (χ1v) is 18.0. The third-order valence-electron chi connectivity index (χ3n) is 12.4. The zero-order valence-electron chi connectivity index (χ0n) is 29.6. The van der Waals surface area contributed by atoms with E-state index in [1.54, 1.807) is 26.0 Å². The molecule has 2 saturated carbocycles. The Morgan fingerprint density at radius 3 is 2.15 bits per heavy atom. The van der Waals surface area contributed by atoms with E-state index in [1.807, 2.05) is 34.6 Å². The maximum Gasteiger partial charge on any atom is 0.309 e. The summed E-state index contributed by atoms with van der Waals surface area (Å²) >= 11 is 0. The molecule has 0 heterocycles. The number of hydrogen-bond acceptors (Lipinski definition) is 8. The molecule has 0 aromatic heterocycles. The van der Waals surface area contributed by atoms with Crippen LogP contribution < -0.4 is 0 Å². The second-order valence-electron chi connectivity index (χ2n) is 15.9. The number of fused-ring (bicyclic) bond motifs is 3. The Labute approximate surface area is 276 Å². The van der Waals surface area contributed by atoms with Crippen LogP contribution in [0.4, 0.5) is 0 Å². The summed E-state index contributed by atoms with van der Waals surface area (Å²) in [6, 6.07) is 0. The number of hydrogen-bond donors (Lipinski definition) is 3. The number of esters is 2. The van der Waals surface area contributed by atoms with Crippen LogP contribution in [0.15, 0.2) is 23.3 Å². The predicted octanol–water partition coefficient (Wildman–Crippen LogP) is 6.24. The Kier molecular flexibility index (Phi) is 11.1. The van der Waals surface area contributed by atoms with E-state index in [4.69, 9.17) is 9.47 Å². The molecule has 3 N–H and O–H groups in total. The van der Waals surface area contributed by atoms with E-state index in [9.17, 15) is 29.7 Å². The summed E-state index contributed by atoms with van der Waals surface area (Å²) in [6.45, 7) is 15.0. The lowest BCUT2D eigenvalue weighted by Gasteiger charge is -2.48. The molecule has 4 aliphatic rings. The van der Waals surface area contributed by atoms with Crippen LogP contribution in [0.1, 0.15) is 126 Å². The van der Waals surface area contributed by atoms with Gasteiger partial charge < -0.3 is 24.8 Å². The molecule has 46 heavy (non-hydrogen) atoms. The molecule has 0 saturated heterocycles. The fourth-order valence-corrected chi connectivity index (χ4v) is 9.11. The molecule has 8 nitrogen and oxygen atoms in total. The second-order valence-corrected chi connectivity index (χ2v) is 15.9. The molecule has 2 bridgehead atoms. The van der Waals surface area contributed by atoms with Gasteiger partial charge in [0.2, 0.25) is 0 Å². The molecule has 8 heteroatoms. The third kappa shape index (κ3) is 5.93. The van der Waals surface area contributed by atoms with Gasteiger partial charge in [-0.05, 0) is 42.7 Å². The molecular formula is C38H60O8. The predicted molar refractivity (Wildman–Crippen MR) is 176 cm³/mol. The van der Waals surface area contributed by atoms with E-state index in [-0.39, 0.29) is 35.8 Å². The van der Waals surface area contributed by atoms with Crippen LogP contribution >= 0.6 is 0 Å². The lowest BCUT2D eigenvalue weighted by atomic mass is 9.59. The standard InChI is InChI=1S/C38H60O8/c1-9-10-11-12-13-14-15-16-17-18-29(39)46-37-21-25(5)36-20-24(4)31(40)38(36,44)32(41)27(22-45-34(43)26(6)23(2)3)19-28(33(36)42)30(37)35(37,7)8/h19-20,23,25-26,28,30-32,40-41,44H,9-18,21-22H2,1-8H3. The van der Waals surface area contributed by atoms with Crippen molar-refractivity contribution < 1.29 is 39.2 Å². The summed E-state index contributed by atoms with van der Waals surface area (Å²) < 4.78 is 12.0. The minimum atomic E-state index is -2.27. The van der Waals surface area contributed by atoms with Crippen molar-refractivity contribution in [3.8, 4) is 0 Å². The average molecular weight is 645 g/mol. The molecule has 9 atom stereocenters. The lowest BCUT2D eigenvalue weighted by molar-refractivity contribution is -0.192. The van der Waals surface area contributed by atoms with E-state index in [0.717, 1.165) is 19.3 Å². The number of aliphatic hydroxyl groups excluding tert-OH is 2. The van der Waals surface area contributed by atoms with Crippen molar-refractivity contribution in [1.29, 1.82) is 0 Å². The highest BCUT2D eigenvalue weighted by molar-refractivity contribution is 5.96. The number of aliphatic hydroxyl groups is 3. The zero-order valence-corrected chi connectivity index (χ0v) is 29.6. The van der Waals surface area contributed by atoms with Gasteiger partial charge in [-0.25, -0.2) is 0 Å². The van der Waals surface area contributed by atoms with Gasteiger partial charge in [0, 0.05) is 23.7 Å². The van der Waals surface area contributed by atoms with E-state index in [2.05, 4.69) is 6.92 Å². The van der Waals surface area contributed by atoms with Gasteiger partial charge in [0.1, 0.15) is 30.0 Å². The molecule has 4 rings (SSSR count). The SMILES string of the molecule is CCCCCCCCCCCC(=O)OC12CC(C)C34C=C(C)C(O)C3(O)C(O)C(COC(=O)C(C)C(C)C)=CC(C4=O)C1C2(C)C. The van der Waals surface area contributed by atoms with Crippen molar-refractivity contribution in [2.45, 2.75) is 149 Å². The number of rotatable bonds is 15.